The molecule has 0 aromatic carbocycles. The van der Waals surface area contributed by atoms with Crippen LogP contribution in [0.25, 0.3) is 0 Å². The van der Waals surface area contributed by atoms with Crippen molar-refractivity contribution in [3.63, 3.8) is 0 Å². The number of allylic oxidation sites excluding steroid dienone is 2. The standard InChI is InChI=1S/C23H42O4/c1-7-22(27-6)18(4)20-15-21(20)23(25)17(3)11-8-10-16(2)14-19(26-5)12-9-13-24/h8,10-11,17-25H,7,9,12-15H2,1-6H3/b11-8+,16-10+. The van der Waals surface area contributed by atoms with E-state index < -0.39 is 0 Å². The minimum Gasteiger partial charge on any atom is -0.396 e. The van der Waals surface area contributed by atoms with Crippen LogP contribution in [0.15, 0.2) is 23.8 Å². The van der Waals surface area contributed by atoms with Crippen LogP contribution >= 0.6 is 0 Å². The zero-order chi connectivity index (χ0) is 20.4. The maximum Gasteiger partial charge on any atom is 0.0631 e. The molecule has 1 aliphatic rings. The van der Waals surface area contributed by atoms with E-state index in [4.69, 9.17) is 14.6 Å². The quantitative estimate of drug-likeness (QED) is 0.438. The summed E-state index contributed by atoms with van der Waals surface area (Å²) in [5, 5.41) is 19.6. The fraction of sp³-hybridized carbons (Fsp3) is 0.826. The molecule has 0 heterocycles. The van der Waals surface area contributed by atoms with E-state index in [9.17, 15) is 5.11 Å². The number of methoxy groups -OCH3 is 2. The molecule has 0 bridgehead atoms. The number of rotatable bonds is 14. The van der Waals surface area contributed by atoms with Gasteiger partial charge in [-0.3, -0.25) is 0 Å². The van der Waals surface area contributed by atoms with E-state index in [1.807, 2.05) is 0 Å². The molecule has 27 heavy (non-hydrogen) atoms. The van der Waals surface area contributed by atoms with Crippen molar-refractivity contribution in [2.45, 2.75) is 78.1 Å². The van der Waals surface area contributed by atoms with Crippen molar-refractivity contribution in [1.29, 1.82) is 0 Å². The molecule has 2 N–H and O–H groups in total. The van der Waals surface area contributed by atoms with Crippen LogP contribution in [0, 0.1) is 23.7 Å². The molecule has 7 unspecified atom stereocenters. The molecule has 0 aliphatic heterocycles. The van der Waals surface area contributed by atoms with Crippen molar-refractivity contribution in [1.82, 2.24) is 0 Å². The molecule has 0 spiro atoms. The highest BCUT2D eigenvalue weighted by atomic mass is 16.5. The van der Waals surface area contributed by atoms with Gasteiger partial charge >= 0.3 is 0 Å². The van der Waals surface area contributed by atoms with Gasteiger partial charge in [-0.2, -0.15) is 0 Å². The molecular formula is C23H42O4. The summed E-state index contributed by atoms with van der Waals surface area (Å²) in [7, 11) is 3.51. The van der Waals surface area contributed by atoms with Crippen LogP contribution in [0.2, 0.25) is 0 Å². The Morgan fingerprint density at radius 1 is 1.19 bits per heavy atom. The van der Waals surface area contributed by atoms with Gasteiger partial charge in [-0.05, 0) is 56.8 Å². The molecule has 0 radical (unpaired) electrons. The summed E-state index contributed by atoms with van der Waals surface area (Å²) in [5.74, 6) is 1.62. The summed E-state index contributed by atoms with van der Waals surface area (Å²) in [4.78, 5) is 0. The molecule has 7 atom stereocenters. The molecule has 0 saturated heterocycles. The van der Waals surface area contributed by atoms with Crippen LogP contribution in [-0.2, 0) is 9.47 Å². The molecule has 0 aromatic rings. The number of hydrogen-bond donors (Lipinski definition) is 2. The van der Waals surface area contributed by atoms with Crippen LogP contribution in [0.5, 0.6) is 0 Å². The van der Waals surface area contributed by atoms with E-state index in [-0.39, 0.29) is 24.7 Å². The SMILES string of the molecule is CCC(OC)C(C)C1CC1C(O)C(C)/C=C/C=C(\C)CC(CCCO)OC. The summed E-state index contributed by atoms with van der Waals surface area (Å²) < 4.78 is 11.1. The van der Waals surface area contributed by atoms with E-state index in [1.165, 1.54) is 5.57 Å². The van der Waals surface area contributed by atoms with Gasteiger partial charge in [0.1, 0.15) is 0 Å². The predicted octanol–water partition coefficient (Wildman–Crippen LogP) is 4.36. The topological polar surface area (TPSA) is 58.9 Å². The Hall–Kier alpha value is -0.680. The Bertz CT molecular complexity index is 455. The monoisotopic (exact) mass is 382 g/mol. The number of hydrogen-bond acceptors (Lipinski definition) is 4. The zero-order valence-corrected chi connectivity index (χ0v) is 18.2. The first-order chi connectivity index (χ1) is 12.9. The molecule has 0 aromatic heterocycles. The third-order valence-electron chi connectivity index (χ3n) is 6.20. The molecule has 1 aliphatic carbocycles. The van der Waals surface area contributed by atoms with Gasteiger partial charge in [0, 0.05) is 26.7 Å². The third-order valence-corrected chi connectivity index (χ3v) is 6.20. The second-order valence-corrected chi connectivity index (χ2v) is 8.28. The molecule has 158 valence electrons. The van der Waals surface area contributed by atoms with Crippen molar-refractivity contribution in [2.24, 2.45) is 23.7 Å². The number of ether oxygens (including phenoxy) is 2. The van der Waals surface area contributed by atoms with Crippen molar-refractivity contribution in [3.05, 3.63) is 23.8 Å². The summed E-state index contributed by atoms with van der Waals surface area (Å²) in [6.45, 7) is 8.82. The van der Waals surface area contributed by atoms with Gasteiger partial charge in [-0.25, -0.2) is 0 Å². The average Bonchev–Trinajstić information content (AvgIpc) is 3.45. The van der Waals surface area contributed by atoms with Crippen LogP contribution < -0.4 is 0 Å². The molecular weight excluding hydrogens is 340 g/mol. The maximum absolute atomic E-state index is 10.7. The lowest BCUT2D eigenvalue weighted by Gasteiger charge is -2.23. The molecule has 4 nitrogen and oxygen atoms in total. The number of aliphatic hydroxyl groups is 2. The number of aliphatic hydroxyl groups excluding tert-OH is 2. The van der Waals surface area contributed by atoms with Crippen molar-refractivity contribution >= 4 is 0 Å². The van der Waals surface area contributed by atoms with Gasteiger partial charge in [0.25, 0.3) is 0 Å². The minimum absolute atomic E-state index is 0.145. The Morgan fingerprint density at radius 2 is 1.89 bits per heavy atom. The lowest BCUT2D eigenvalue weighted by Crippen LogP contribution is -2.25. The summed E-state index contributed by atoms with van der Waals surface area (Å²) in [6.07, 6.45) is 11.1. The van der Waals surface area contributed by atoms with Gasteiger partial charge in [0.2, 0.25) is 0 Å². The fourth-order valence-electron chi connectivity index (χ4n) is 4.21. The van der Waals surface area contributed by atoms with Crippen LogP contribution in [0.3, 0.4) is 0 Å². The van der Waals surface area contributed by atoms with Gasteiger partial charge in [0.05, 0.1) is 18.3 Å². The Morgan fingerprint density at radius 3 is 2.44 bits per heavy atom. The van der Waals surface area contributed by atoms with E-state index >= 15 is 0 Å². The second kappa shape index (κ2) is 12.7. The lowest BCUT2D eigenvalue weighted by molar-refractivity contribution is 0.0365. The Labute approximate surface area is 166 Å². The average molecular weight is 383 g/mol. The normalized spacial score (nSPS) is 26.0. The van der Waals surface area contributed by atoms with Crippen LogP contribution in [0.4, 0.5) is 0 Å². The smallest absolute Gasteiger partial charge is 0.0631 e. The Balaban J connectivity index is 2.47. The van der Waals surface area contributed by atoms with Gasteiger partial charge in [0.15, 0.2) is 0 Å². The van der Waals surface area contributed by atoms with E-state index in [0.717, 1.165) is 32.1 Å². The van der Waals surface area contributed by atoms with Gasteiger partial charge in [-0.1, -0.05) is 44.6 Å². The van der Waals surface area contributed by atoms with Crippen LogP contribution in [0.1, 0.15) is 59.8 Å². The third kappa shape index (κ3) is 8.06. The fourth-order valence-corrected chi connectivity index (χ4v) is 4.21. The summed E-state index contributed by atoms with van der Waals surface area (Å²) >= 11 is 0. The summed E-state index contributed by atoms with van der Waals surface area (Å²) in [5.41, 5.74) is 1.25. The Kier molecular flexibility index (Phi) is 11.5. The van der Waals surface area contributed by atoms with Crippen molar-refractivity contribution in [2.75, 3.05) is 20.8 Å². The second-order valence-electron chi connectivity index (χ2n) is 8.28. The molecule has 1 rings (SSSR count). The largest absolute Gasteiger partial charge is 0.396 e. The highest BCUT2D eigenvalue weighted by molar-refractivity contribution is 5.13. The van der Waals surface area contributed by atoms with Crippen molar-refractivity contribution in [3.8, 4) is 0 Å². The van der Waals surface area contributed by atoms with E-state index in [1.54, 1.807) is 14.2 Å². The molecule has 1 saturated carbocycles. The van der Waals surface area contributed by atoms with Crippen molar-refractivity contribution < 1.29 is 19.7 Å². The first kappa shape index (κ1) is 24.4. The first-order valence-electron chi connectivity index (χ1n) is 10.6. The zero-order valence-electron chi connectivity index (χ0n) is 18.2. The van der Waals surface area contributed by atoms with E-state index in [0.29, 0.717) is 23.9 Å². The minimum atomic E-state index is -0.284. The van der Waals surface area contributed by atoms with E-state index in [2.05, 4.69) is 45.9 Å². The van der Waals surface area contributed by atoms with Crippen LogP contribution in [-0.4, -0.2) is 49.4 Å². The molecule has 0 amide bonds. The maximum atomic E-state index is 10.7. The lowest BCUT2D eigenvalue weighted by atomic mass is 9.91. The first-order valence-corrected chi connectivity index (χ1v) is 10.6. The molecule has 1 fully saturated rings. The highest BCUT2D eigenvalue weighted by Gasteiger charge is 2.48. The van der Waals surface area contributed by atoms with Gasteiger partial charge in [-0.15, -0.1) is 0 Å². The summed E-state index contributed by atoms with van der Waals surface area (Å²) in [6, 6.07) is 0. The van der Waals surface area contributed by atoms with Gasteiger partial charge < -0.3 is 19.7 Å². The molecule has 4 heteroatoms. The highest BCUT2D eigenvalue weighted by Crippen LogP contribution is 2.49. The predicted molar refractivity (Wildman–Crippen MR) is 112 cm³/mol.